The second-order valence-corrected chi connectivity index (χ2v) is 4.93. The number of carbonyl (C=O) groups is 1. The van der Waals surface area contributed by atoms with Gasteiger partial charge in [0.1, 0.15) is 10.7 Å². The average Bonchev–Trinajstić information content (AvgIpc) is 3.19. The average molecular weight is 279 g/mol. The van der Waals surface area contributed by atoms with Crippen molar-refractivity contribution in [3.63, 3.8) is 0 Å². The van der Waals surface area contributed by atoms with Crippen molar-refractivity contribution < 1.29 is 4.79 Å². The van der Waals surface area contributed by atoms with Gasteiger partial charge in [-0.25, -0.2) is 9.97 Å². The van der Waals surface area contributed by atoms with Crippen LogP contribution in [0.15, 0.2) is 12.4 Å². The molecule has 0 saturated heterocycles. The molecule has 2 rings (SSSR count). The van der Waals surface area contributed by atoms with E-state index in [1.807, 2.05) is 0 Å². The van der Waals surface area contributed by atoms with Gasteiger partial charge in [-0.3, -0.25) is 4.79 Å². The molecular formula is C12H17N5OS. The van der Waals surface area contributed by atoms with Crippen molar-refractivity contribution >= 4 is 28.9 Å². The highest BCUT2D eigenvalue weighted by Crippen LogP contribution is 2.18. The maximum atomic E-state index is 11.5. The first-order valence-corrected chi connectivity index (χ1v) is 6.71. The molecule has 4 N–H and O–H groups in total. The highest BCUT2D eigenvalue weighted by Gasteiger charge is 2.22. The van der Waals surface area contributed by atoms with Crippen LogP contribution in [0.1, 0.15) is 31.4 Å². The van der Waals surface area contributed by atoms with Crippen LogP contribution in [0.3, 0.4) is 0 Å². The molecule has 6 nitrogen and oxygen atoms in total. The number of hydrogen-bond acceptors (Lipinski definition) is 5. The summed E-state index contributed by atoms with van der Waals surface area (Å²) < 4.78 is 0. The van der Waals surface area contributed by atoms with E-state index in [-0.39, 0.29) is 10.9 Å². The zero-order valence-electron chi connectivity index (χ0n) is 10.6. The number of thiocarbonyl (C=S) groups is 1. The first-order valence-electron chi connectivity index (χ1n) is 6.31. The quantitative estimate of drug-likeness (QED) is 0.499. The topological polar surface area (TPSA) is 92.9 Å². The number of anilines is 1. The Morgan fingerprint density at radius 2 is 2.16 bits per heavy atom. The summed E-state index contributed by atoms with van der Waals surface area (Å²) in [4.78, 5) is 19.9. The summed E-state index contributed by atoms with van der Waals surface area (Å²) in [6.07, 6.45) is 6.58. The van der Waals surface area contributed by atoms with Crippen molar-refractivity contribution in [1.82, 2.24) is 15.3 Å². The summed E-state index contributed by atoms with van der Waals surface area (Å²) in [6, 6.07) is 0.418. The summed E-state index contributed by atoms with van der Waals surface area (Å²) in [7, 11) is 0. The second-order valence-electron chi connectivity index (χ2n) is 4.49. The highest BCUT2D eigenvalue weighted by molar-refractivity contribution is 7.80. The SMILES string of the molecule is NC(=S)c1nccnc1NCCCC(=O)NC1CC1. The Morgan fingerprint density at radius 1 is 1.42 bits per heavy atom. The first-order chi connectivity index (χ1) is 9.16. The Hall–Kier alpha value is -1.76. The number of nitrogens with zero attached hydrogens (tertiary/aromatic N) is 2. The number of nitrogens with one attached hydrogen (secondary N) is 2. The van der Waals surface area contributed by atoms with Gasteiger partial charge in [-0.2, -0.15) is 0 Å². The molecule has 1 aliphatic rings. The largest absolute Gasteiger partial charge is 0.388 e. The van der Waals surface area contributed by atoms with Crippen molar-refractivity contribution in [3.8, 4) is 0 Å². The van der Waals surface area contributed by atoms with Crippen LogP contribution in [0, 0.1) is 0 Å². The number of amides is 1. The monoisotopic (exact) mass is 279 g/mol. The Kier molecular flexibility index (Phi) is 4.62. The van der Waals surface area contributed by atoms with E-state index in [1.54, 1.807) is 12.4 Å². The number of aromatic nitrogens is 2. The van der Waals surface area contributed by atoms with Gasteiger partial charge in [0.05, 0.1) is 0 Å². The standard InChI is InChI=1S/C12H17N5OS/c13-11(19)10-12(16-7-6-14-10)15-5-1-2-9(18)17-8-3-4-8/h6-8H,1-5H2,(H2,13,19)(H,15,16)(H,17,18). The van der Waals surface area contributed by atoms with Gasteiger partial charge < -0.3 is 16.4 Å². The molecule has 1 heterocycles. The predicted octanol–water partition coefficient (Wildman–Crippen LogP) is 0.581. The van der Waals surface area contributed by atoms with Gasteiger partial charge in [0.25, 0.3) is 0 Å². The van der Waals surface area contributed by atoms with Gasteiger partial charge in [-0.15, -0.1) is 0 Å². The van der Waals surface area contributed by atoms with E-state index in [9.17, 15) is 4.79 Å². The molecule has 1 fully saturated rings. The maximum absolute atomic E-state index is 11.5. The fourth-order valence-electron chi connectivity index (χ4n) is 1.63. The zero-order chi connectivity index (χ0) is 13.7. The third kappa shape index (κ3) is 4.44. The minimum absolute atomic E-state index is 0.109. The van der Waals surface area contributed by atoms with E-state index in [4.69, 9.17) is 18.0 Å². The van der Waals surface area contributed by atoms with E-state index in [0.717, 1.165) is 19.3 Å². The van der Waals surface area contributed by atoms with Crippen molar-refractivity contribution in [2.24, 2.45) is 5.73 Å². The second kappa shape index (κ2) is 6.42. The molecule has 7 heteroatoms. The lowest BCUT2D eigenvalue weighted by Crippen LogP contribution is -2.25. The molecule has 1 aliphatic carbocycles. The van der Waals surface area contributed by atoms with Crippen molar-refractivity contribution in [2.75, 3.05) is 11.9 Å². The van der Waals surface area contributed by atoms with Crippen molar-refractivity contribution in [3.05, 3.63) is 18.1 Å². The molecule has 19 heavy (non-hydrogen) atoms. The van der Waals surface area contributed by atoms with E-state index in [0.29, 0.717) is 30.5 Å². The molecule has 1 saturated carbocycles. The molecule has 102 valence electrons. The summed E-state index contributed by atoms with van der Waals surface area (Å²) >= 11 is 4.90. The Balaban J connectivity index is 1.72. The molecule has 0 bridgehead atoms. The van der Waals surface area contributed by atoms with Gasteiger partial charge in [-0.05, 0) is 19.3 Å². The van der Waals surface area contributed by atoms with E-state index < -0.39 is 0 Å². The van der Waals surface area contributed by atoms with Crippen LogP contribution in [0.4, 0.5) is 5.82 Å². The minimum Gasteiger partial charge on any atom is -0.388 e. The Morgan fingerprint density at radius 3 is 2.84 bits per heavy atom. The van der Waals surface area contributed by atoms with Crippen LogP contribution in [0.25, 0.3) is 0 Å². The van der Waals surface area contributed by atoms with Crippen LogP contribution in [-0.4, -0.2) is 33.5 Å². The van der Waals surface area contributed by atoms with E-state index >= 15 is 0 Å². The van der Waals surface area contributed by atoms with Gasteiger partial charge in [-0.1, -0.05) is 12.2 Å². The zero-order valence-corrected chi connectivity index (χ0v) is 11.4. The molecule has 0 aromatic carbocycles. The first kappa shape index (κ1) is 13.7. The summed E-state index contributed by atoms with van der Waals surface area (Å²) in [5, 5.41) is 6.04. The van der Waals surface area contributed by atoms with Gasteiger partial charge in [0, 0.05) is 31.4 Å². The summed E-state index contributed by atoms with van der Waals surface area (Å²) in [5.74, 6) is 0.676. The van der Waals surface area contributed by atoms with Crippen LogP contribution < -0.4 is 16.4 Å². The molecule has 1 amide bonds. The normalized spacial score (nSPS) is 13.9. The lowest BCUT2D eigenvalue weighted by Gasteiger charge is -2.08. The van der Waals surface area contributed by atoms with E-state index in [2.05, 4.69) is 20.6 Å². The highest BCUT2D eigenvalue weighted by atomic mass is 32.1. The minimum atomic E-state index is 0.109. The molecule has 1 aromatic rings. The predicted molar refractivity (Wildman–Crippen MR) is 76.8 cm³/mol. The fraction of sp³-hybridized carbons (Fsp3) is 0.500. The van der Waals surface area contributed by atoms with Crippen LogP contribution in [0.2, 0.25) is 0 Å². The summed E-state index contributed by atoms with van der Waals surface area (Å²) in [6.45, 7) is 0.631. The maximum Gasteiger partial charge on any atom is 0.220 e. The van der Waals surface area contributed by atoms with Crippen molar-refractivity contribution in [1.29, 1.82) is 0 Å². The molecular weight excluding hydrogens is 262 g/mol. The summed E-state index contributed by atoms with van der Waals surface area (Å²) in [5.41, 5.74) is 6.04. The van der Waals surface area contributed by atoms with Gasteiger partial charge >= 0.3 is 0 Å². The van der Waals surface area contributed by atoms with Gasteiger partial charge in [0.2, 0.25) is 5.91 Å². The third-order valence-electron chi connectivity index (χ3n) is 2.75. The van der Waals surface area contributed by atoms with Gasteiger partial charge in [0.15, 0.2) is 5.82 Å². The Labute approximate surface area is 117 Å². The molecule has 0 atom stereocenters. The molecule has 1 aromatic heterocycles. The van der Waals surface area contributed by atoms with Crippen LogP contribution in [0.5, 0.6) is 0 Å². The molecule has 0 unspecified atom stereocenters. The third-order valence-corrected chi connectivity index (χ3v) is 2.94. The lowest BCUT2D eigenvalue weighted by atomic mass is 10.3. The number of carbonyl (C=O) groups excluding carboxylic acids is 1. The molecule has 0 radical (unpaired) electrons. The van der Waals surface area contributed by atoms with Crippen LogP contribution in [-0.2, 0) is 4.79 Å². The Bertz CT molecular complexity index is 475. The van der Waals surface area contributed by atoms with Crippen LogP contribution >= 0.6 is 12.2 Å². The number of hydrogen-bond donors (Lipinski definition) is 3. The number of rotatable bonds is 7. The molecule has 0 spiro atoms. The fourth-order valence-corrected chi connectivity index (χ4v) is 1.78. The number of nitrogens with two attached hydrogens (primary N) is 1. The van der Waals surface area contributed by atoms with E-state index in [1.165, 1.54) is 0 Å². The molecule has 0 aliphatic heterocycles. The smallest absolute Gasteiger partial charge is 0.220 e. The lowest BCUT2D eigenvalue weighted by molar-refractivity contribution is -0.121. The van der Waals surface area contributed by atoms with Crippen molar-refractivity contribution in [2.45, 2.75) is 31.7 Å².